The molecule has 0 saturated carbocycles. The van der Waals surface area contributed by atoms with Crippen LogP contribution in [0.2, 0.25) is 0 Å². The zero-order valence-corrected chi connectivity index (χ0v) is 28.1. The van der Waals surface area contributed by atoms with Crippen LogP contribution >= 0.6 is 0 Å². The number of carbonyl (C=O) groups is 3. The molecule has 1 amide bonds. The third kappa shape index (κ3) is 32.6. The van der Waals surface area contributed by atoms with E-state index in [1.165, 1.54) is 77.0 Å². The fraction of sp³-hybridized carbons (Fsp3) is 0.811. The Kier molecular flexibility index (Phi) is 31.2. The summed E-state index contributed by atoms with van der Waals surface area (Å²) in [4.78, 5) is 34.8. The smallest absolute Gasteiger partial charge is 0.322 e. The minimum absolute atomic E-state index is 0.00993. The summed E-state index contributed by atoms with van der Waals surface area (Å²) in [5.41, 5.74) is 0. The second-order valence-corrected chi connectivity index (χ2v) is 12.1. The minimum atomic E-state index is -1.02. The lowest BCUT2D eigenvalue weighted by Gasteiger charge is -2.18. The normalized spacial score (nSPS) is 12.2. The molecule has 0 bridgehead atoms. The Hall–Kier alpha value is -2.11. The van der Waals surface area contributed by atoms with E-state index in [0.717, 1.165) is 77.0 Å². The van der Waals surface area contributed by atoms with Crippen molar-refractivity contribution in [2.45, 2.75) is 187 Å². The Bertz CT molecular complexity index is 718. The summed E-state index contributed by atoms with van der Waals surface area (Å²) in [6.07, 6.45) is 37.2. The van der Waals surface area contributed by atoms with Crippen LogP contribution in [0.25, 0.3) is 0 Å². The minimum Gasteiger partial charge on any atom is -0.480 e. The maximum Gasteiger partial charge on any atom is 0.322 e. The predicted molar refractivity (Wildman–Crippen MR) is 180 cm³/mol. The molecule has 2 N–H and O–H groups in total. The van der Waals surface area contributed by atoms with Gasteiger partial charge in [0.1, 0.15) is 12.6 Å². The molecule has 1 atom stereocenters. The van der Waals surface area contributed by atoms with Crippen molar-refractivity contribution in [2.24, 2.45) is 0 Å². The Labute approximate surface area is 264 Å². The van der Waals surface area contributed by atoms with E-state index in [2.05, 4.69) is 43.5 Å². The highest BCUT2D eigenvalue weighted by Gasteiger charge is 2.14. The van der Waals surface area contributed by atoms with Gasteiger partial charge in [0.2, 0.25) is 5.91 Å². The molecule has 0 aromatic heterocycles. The van der Waals surface area contributed by atoms with Crippen LogP contribution in [0.3, 0.4) is 0 Å². The van der Waals surface area contributed by atoms with E-state index in [1.54, 1.807) is 0 Å². The highest BCUT2D eigenvalue weighted by atomic mass is 16.5. The molecule has 0 aromatic carbocycles. The van der Waals surface area contributed by atoms with Gasteiger partial charge in [0.25, 0.3) is 0 Å². The molecule has 0 radical (unpaired) electrons. The van der Waals surface area contributed by atoms with Crippen molar-refractivity contribution in [3.63, 3.8) is 0 Å². The lowest BCUT2D eigenvalue weighted by molar-refractivity contribution is -0.150. The fourth-order valence-corrected chi connectivity index (χ4v) is 5.20. The predicted octanol–water partition coefficient (Wildman–Crippen LogP) is 10.4. The second-order valence-electron chi connectivity index (χ2n) is 12.1. The van der Waals surface area contributed by atoms with Crippen molar-refractivity contribution in [3.8, 4) is 0 Å². The first-order valence-corrected chi connectivity index (χ1v) is 18.0. The Balaban J connectivity index is 4.26. The summed E-state index contributed by atoms with van der Waals surface area (Å²) in [5, 5.41) is 11.0. The highest BCUT2D eigenvalue weighted by Crippen LogP contribution is 2.18. The number of unbranched alkanes of at least 4 members (excludes halogenated alkanes) is 17. The number of carboxylic acids is 1. The number of carboxylic acid groups (broad SMARTS) is 1. The first-order chi connectivity index (χ1) is 21.0. The average Bonchev–Trinajstić information content (AvgIpc) is 2.99. The number of allylic oxidation sites excluding steroid dienone is 4. The molecule has 0 saturated heterocycles. The van der Waals surface area contributed by atoms with Gasteiger partial charge >= 0.3 is 11.9 Å². The Morgan fingerprint density at radius 1 is 0.605 bits per heavy atom. The van der Waals surface area contributed by atoms with Crippen LogP contribution in [0, 0.1) is 0 Å². The SMILES string of the molecule is CCCCC/C=C\C/C=C\CCCC(CCCCCCCC(=O)NCC(=O)O)OC(=O)CCCCCCCCCCCC. The molecule has 6 nitrogen and oxygen atoms in total. The zero-order valence-electron chi connectivity index (χ0n) is 28.1. The average molecular weight is 606 g/mol. The summed E-state index contributed by atoms with van der Waals surface area (Å²) in [5.74, 6) is -1.26. The van der Waals surface area contributed by atoms with Gasteiger partial charge in [0.05, 0.1) is 0 Å². The lowest BCUT2D eigenvalue weighted by atomic mass is 10.0. The number of rotatable bonds is 32. The van der Waals surface area contributed by atoms with Gasteiger partial charge in [-0.05, 0) is 64.2 Å². The third-order valence-electron chi connectivity index (χ3n) is 7.88. The van der Waals surface area contributed by atoms with Gasteiger partial charge in [0.15, 0.2) is 0 Å². The zero-order chi connectivity index (χ0) is 31.6. The number of nitrogens with one attached hydrogen (secondary N) is 1. The molecule has 6 heteroatoms. The molecule has 0 aromatic rings. The van der Waals surface area contributed by atoms with E-state index in [4.69, 9.17) is 9.84 Å². The van der Waals surface area contributed by atoms with Crippen LogP contribution in [-0.2, 0) is 19.1 Å². The first-order valence-electron chi connectivity index (χ1n) is 18.0. The van der Waals surface area contributed by atoms with E-state index in [0.29, 0.717) is 12.8 Å². The van der Waals surface area contributed by atoms with Crippen molar-refractivity contribution in [3.05, 3.63) is 24.3 Å². The molecule has 250 valence electrons. The summed E-state index contributed by atoms with van der Waals surface area (Å²) >= 11 is 0. The van der Waals surface area contributed by atoms with Gasteiger partial charge in [-0.1, -0.05) is 128 Å². The lowest BCUT2D eigenvalue weighted by Crippen LogP contribution is -2.28. The molecule has 0 rings (SSSR count). The van der Waals surface area contributed by atoms with E-state index < -0.39 is 5.97 Å². The quantitative estimate of drug-likeness (QED) is 0.0452. The molecule has 0 heterocycles. The van der Waals surface area contributed by atoms with Crippen molar-refractivity contribution in [1.29, 1.82) is 0 Å². The summed E-state index contributed by atoms with van der Waals surface area (Å²) in [6, 6.07) is 0. The number of carbonyl (C=O) groups excluding carboxylic acids is 2. The number of hydrogen-bond acceptors (Lipinski definition) is 4. The highest BCUT2D eigenvalue weighted by molar-refractivity contribution is 5.80. The van der Waals surface area contributed by atoms with Gasteiger partial charge in [-0.25, -0.2) is 0 Å². The number of ether oxygens (including phenoxy) is 1. The molecule has 0 aliphatic heterocycles. The van der Waals surface area contributed by atoms with Crippen molar-refractivity contribution >= 4 is 17.8 Å². The van der Waals surface area contributed by atoms with Gasteiger partial charge in [-0.15, -0.1) is 0 Å². The number of aliphatic carboxylic acids is 1. The molecule has 0 aliphatic carbocycles. The second kappa shape index (κ2) is 32.8. The molecule has 0 aliphatic rings. The maximum absolute atomic E-state index is 12.6. The van der Waals surface area contributed by atoms with Crippen LogP contribution in [0.5, 0.6) is 0 Å². The summed E-state index contributed by atoms with van der Waals surface area (Å²) in [7, 11) is 0. The van der Waals surface area contributed by atoms with Gasteiger partial charge in [-0.2, -0.15) is 0 Å². The van der Waals surface area contributed by atoms with Gasteiger partial charge in [0, 0.05) is 12.8 Å². The number of amides is 1. The van der Waals surface area contributed by atoms with Crippen molar-refractivity contribution in [1.82, 2.24) is 5.32 Å². The van der Waals surface area contributed by atoms with Crippen LogP contribution in [0.1, 0.15) is 181 Å². The van der Waals surface area contributed by atoms with Crippen LogP contribution in [-0.4, -0.2) is 35.6 Å². The van der Waals surface area contributed by atoms with Crippen LogP contribution in [0.15, 0.2) is 24.3 Å². The first kappa shape index (κ1) is 40.9. The topological polar surface area (TPSA) is 92.7 Å². The monoisotopic (exact) mass is 606 g/mol. The molecular formula is C37H67NO5. The van der Waals surface area contributed by atoms with Crippen LogP contribution < -0.4 is 5.32 Å². The van der Waals surface area contributed by atoms with Gasteiger partial charge in [-0.3, -0.25) is 14.4 Å². The van der Waals surface area contributed by atoms with Crippen LogP contribution in [0.4, 0.5) is 0 Å². The maximum atomic E-state index is 12.6. The van der Waals surface area contributed by atoms with E-state index >= 15 is 0 Å². The van der Waals surface area contributed by atoms with E-state index in [-0.39, 0.29) is 24.5 Å². The standard InChI is InChI=1S/C37H67NO5/c1-3-5-7-9-11-13-15-16-18-21-25-29-34(30-26-22-20-23-27-31-35(39)38-33-36(40)41)43-37(42)32-28-24-19-17-14-12-10-8-6-4-2/h11,13,16,18,34H,3-10,12,14-15,17,19-33H2,1-2H3,(H,38,39)(H,40,41)/b13-11-,18-16-. The summed E-state index contributed by atoms with van der Waals surface area (Å²) in [6.45, 7) is 4.17. The van der Waals surface area contributed by atoms with Crippen molar-refractivity contribution < 1.29 is 24.2 Å². The van der Waals surface area contributed by atoms with Crippen molar-refractivity contribution in [2.75, 3.05) is 6.54 Å². The molecule has 43 heavy (non-hydrogen) atoms. The number of hydrogen-bond donors (Lipinski definition) is 2. The van der Waals surface area contributed by atoms with E-state index in [9.17, 15) is 14.4 Å². The largest absolute Gasteiger partial charge is 0.480 e. The number of esters is 1. The molecular weight excluding hydrogens is 538 g/mol. The van der Waals surface area contributed by atoms with E-state index in [1.807, 2.05) is 0 Å². The fourth-order valence-electron chi connectivity index (χ4n) is 5.20. The molecule has 1 unspecified atom stereocenters. The summed E-state index contributed by atoms with van der Waals surface area (Å²) < 4.78 is 5.96. The Morgan fingerprint density at radius 2 is 1.09 bits per heavy atom. The van der Waals surface area contributed by atoms with Gasteiger partial charge < -0.3 is 15.2 Å². The molecule has 0 spiro atoms. The third-order valence-corrected chi connectivity index (χ3v) is 7.88. The molecule has 0 fully saturated rings. The Morgan fingerprint density at radius 3 is 1.70 bits per heavy atom.